The average Bonchev–Trinajstić information content (AvgIpc) is 3.16. The van der Waals surface area contributed by atoms with Crippen molar-refractivity contribution < 1.29 is 18.9 Å². The first-order valence-corrected chi connectivity index (χ1v) is 8.79. The number of nitro benzene ring substituents is 1. The highest BCUT2D eigenvalue weighted by molar-refractivity contribution is 5.82. The lowest BCUT2D eigenvalue weighted by atomic mass is 10.1. The van der Waals surface area contributed by atoms with Crippen LogP contribution in [0.5, 0.6) is 5.75 Å². The second kappa shape index (κ2) is 8.83. The molecule has 3 aromatic rings. The molecular formula is C21H19N3O5. The summed E-state index contributed by atoms with van der Waals surface area (Å²) in [6.07, 6.45) is 1.31. The van der Waals surface area contributed by atoms with E-state index in [-0.39, 0.29) is 12.3 Å². The second-order valence-electron chi connectivity index (χ2n) is 6.33. The average molecular weight is 393 g/mol. The molecule has 0 spiro atoms. The Hall–Kier alpha value is -3.94. The maximum atomic E-state index is 11.9. The van der Waals surface area contributed by atoms with E-state index in [0.29, 0.717) is 22.8 Å². The van der Waals surface area contributed by atoms with E-state index >= 15 is 0 Å². The predicted octanol–water partition coefficient (Wildman–Crippen LogP) is 4.00. The van der Waals surface area contributed by atoms with E-state index in [2.05, 4.69) is 10.5 Å². The molecule has 0 fully saturated rings. The minimum atomic E-state index is -0.471. The van der Waals surface area contributed by atoms with Crippen LogP contribution < -0.4 is 10.2 Å². The molecule has 0 saturated carbocycles. The Labute approximate surface area is 167 Å². The van der Waals surface area contributed by atoms with Crippen LogP contribution in [0.4, 0.5) is 5.69 Å². The highest BCUT2D eigenvalue weighted by atomic mass is 16.6. The van der Waals surface area contributed by atoms with Crippen LogP contribution in [0.25, 0.3) is 11.3 Å². The summed E-state index contributed by atoms with van der Waals surface area (Å²) in [5.41, 5.74) is 4.72. The molecule has 3 rings (SSSR count). The molecule has 0 radical (unpaired) electrons. The number of hydrogen-bond acceptors (Lipinski definition) is 6. The van der Waals surface area contributed by atoms with Crippen LogP contribution in [-0.4, -0.2) is 23.7 Å². The number of rotatable bonds is 7. The molecule has 8 nitrogen and oxygen atoms in total. The van der Waals surface area contributed by atoms with Crippen molar-refractivity contribution in [3.05, 3.63) is 81.6 Å². The molecule has 29 heavy (non-hydrogen) atoms. The van der Waals surface area contributed by atoms with Gasteiger partial charge in [0.1, 0.15) is 17.3 Å². The van der Waals surface area contributed by atoms with Crippen LogP contribution in [0.1, 0.15) is 16.9 Å². The normalized spacial score (nSPS) is 10.8. The van der Waals surface area contributed by atoms with Gasteiger partial charge in [0.25, 0.3) is 11.6 Å². The maximum absolute atomic E-state index is 11.9. The molecule has 1 aromatic heterocycles. The van der Waals surface area contributed by atoms with Gasteiger partial charge in [-0.05, 0) is 43.7 Å². The number of furan rings is 1. The van der Waals surface area contributed by atoms with Gasteiger partial charge < -0.3 is 9.15 Å². The number of amides is 1. The summed E-state index contributed by atoms with van der Waals surface area (Å²) in [6.45, 7) is 3.71. The Morgan fingerprint density at radius 2 is 2.00 bits per heavy atom. The maximum Gasteiger partial charge on any atom is 0.280 e. The highest BCUT2D eigenvalue weighted by Gasteiger charge is 2.16. The molecule has 0 unspecified atom stereocenters. The Morgan fingerprint density at radius 1 is 1.21 bits per heavy atom. The summed E-state index contributed by atoms with van der Waals surface area (Å²) in [5, 5.41) is 15.0. The minimum Gasteiger partial charge on any atom is -0.483 e. The van der Waals surface area contributed by atoms with Crippen LogP contribution >= 0.6 is 0 Å². The number of nitrogens with one attached hydrogen (secondary N) is 1. The molecule has 0 aliphatic heterocycles. The summed E-state index contributed by atoms with van der Waals surface area (Å²) in [7, 11) is 0. The quantitative estimate of drug-likeness (QED) is 0.371. The molecule has 0 bridgehead atoms. The number of aryl methyl sites for hydroxylation is 2. The zero-order chi connectivity index (χ0) is 20.8. The van der Waals surface area contributed by atoms with E-state index in [9.17, 15) is 14.9 Å². The van der Waals surface area contributed by atoms with E-state index < -0.39 is 10.8 Å². The van der Waals surface area contributed by atoms with Crippen molar-refractivity contribution in [1.29, 1.82) is 0 Å². The van der Waals surface area contributed by atoms with Crippen LogP contribution in [0.15, 0.2) is 64.1 Å². The molecule has 8 heteroatoms. The van der Waals surface area contributed by atoms with Crippen molar-refractivity contribution in [2.24, 2.45) is 5.10 Å². The molecule has 0 saturated heterocycles. The predicted molar refractivity (Wildman–Crippen MR) is 108 cm³/mol. The van der Waals surface area contributed by atoms with E-state index in [1.165, 1.54) is 12.3 Å². The Morgan fingerprint density at radius 3 is 2.76 bits per heavy atom. The first-order chi connectivity index (χ1) is 13.9. The molecule has 1 N–H and O–H groups in total. The molecule has 0 aliphatic carbocycles. The van der Waals surface area contributed by atoms with Crippen molar-refractivity contribution in [2.45, 2.75) is 13.8 Å². The zero-order valence-electron chi connectivity index (χ0n) is 15.9. The summed E-state index contributed by atoms with van der Waals surface area (Å²) < 4.78 is 11.0. The topological polar surface area (TPSA) is 107 Å². The third-order valence-electron chi connectivity index (χ3n) is 4.06. The third kappa shape index (κ3) is 5.07. The van der Waals surface area contributed by atoms with Crippen molar-refractivity contribution in [1.82, 2.24) is 5.43 Å². The molecule has 148 valence electrons. The standard InChI is InChI=1S/C21H19N3O5/c1-14-7-9-19(15(2)11-14)28-13-21(25)23-22-12-16-8-10-20(29-16)17-5-3-4-6-18(17)24(26)27/h3-12H,13H2,1-2H3,(H,23,25). The number of ether oxygens (including phenoxy) is 1. The Bertz CT molecular complexity index is 1070. The fourth-order valence-electron chi connectivity index (χ4n) is 2.71. The van der Waals surface area contributed by atoms with E-state index in [0.717, 1.165) is 11.1 Å². The van der Waals surface area contributed by atoms with Gasteiger partial charge in [-0.3, -0.25) is 14.9 Å². The van der Waals surface area contributed by atoms with Gasteiger partial charge in [0.05, 0.1) is 16.7 Å². The fourth-order valence-corrected chi connectivity index (χ4v) is 2.71. The van der Waals surface area contributed by atoms with E-state index in [1.54, 1.807) is 30.3 Å². The summed E-state index contributed by atoms with van der Waals surface area (Å²) >= 11 is 0. The highest BCUT2D eigenvalue weighted by Crippen LogP contribution is 2.30. The monoisotopic (exact) mass is 393 g/mol. The number of hydrazone groups is 1. The van der Waals surface area contributed by atoms with Crippen LogP contribution in [0, 0.1) is 24.0 Å². The number of nitro groups is 1. The Kier molecular flexibility index (Phi) is 6.03. The molecule has 0 aliphatic rings. The largest absolute Gasteiger partial charge is 0.483 e. The van der Waals surface area contributed by atoms with Gasteiger partial charge in [-0.25, -0.2) is 5.43 Å². The summed E-state index contributed by atoms with van der Waals surface area (Å²) in [5.74, 6) is 0.888. The van der Waals surface area contributed by atoms with Gasteiger partial charge in [-0.2, -0.15) is 5.10 Å². The number of carbonyl (C=O) groups excluding carboxylic acids is 1. The number of nitrogens with zero attached hydrogens (tertiary/aromatic N) is 2. The van der Waals surface area contributed by atoms with Crippen LogP contribution in [0.2, 0.25) is 0 Å². The first-order valence-electron chi connectivity index (χ1n) is 8.79. The number of para-hydroxylation sites is 1. The lowest BCUT2D eigenvalue weighted by Gasteiger charge is -2.08. The van der Waals surface area contributed by atoms with Gasteiger partial charge >= 0.3 is 0 Å². The van der Waals surface area contributed by atoms with Gasteiger partial charge in [-0.1, -0.05) is 29.8 Å². The van der Waals surface area contributed by atoms with E-state index in [1.807, 2.05) is 32.0 Å². The van der Waals surface area contributed by atoms with Crippen molar-refractivity contribution in [3.63, 3.8) is 0 Å². The van der Waals surface area contributed by atoms with Gasteiger partial charge in [0.15, 0.2) is 6.61 Å². The Balaban J connectivity index is 1.57. The van der Waals surface area contributed by atoms with Gasteiger partial charge in [0, 0.05) is 6.07 Å². The molecule has 1 heterocycles. The van der Waals surface area contributed by atoms with Crippen LogP contribution in [0.3, 0.4) is 0 Å². The summed E-state index contributed by atoms with van der Waals surface area (Å²) in [6, 6.07) is 15.2. The molecule has 1 amide bonds. The van der Waals surface area contributed by atoms with Crippen molar-refractivity contribution in [2.75, 3.05) is 6.61 Å². The van der Waals surface area contributed by atoms with E-state index in [4.69, 9.17) is 9.15 Å². The number of benzene rings is 2. The minimum absolute atomic E-state index is 0.0535. The fraction of sp³-hybridized carbons (Fsp3) is 0.143. The lowest BCUT2D eigenvalue weighted by molar-refractivity contribution is -0.384. The van der Waals surface area contributed by atoms with Crippen LogP contribution in [-0.2, 0) is 4.79 Å². The van der Waals surface area contributed by atoms with Gasteiger partial charge in [0.2, 0.25) is 0 Å². The smallest absolute Gasteiger partial charge is 0.280 e. The van der Waals surface area contributed by atoms with Crippen molar-refractivity contribution in [3.8, 4) is 17.1 Å². The lowest BCUT2D eigenvalue weighted by Crippen LogP contribution is -2.24. The van der Waals surface area contributed by atoms with Crippen molar-refractivity contribution >= 4 is 17.8 Å². The van der Waals surface area contributed by atoms with Gasteiger partial charge in [-0.15, -0.1) is 0 Å². The third-order valence-corrected chi connectivity index (χ3v) is 4.06. The molecule has 2 aromatic carbocycles. The molecular weight excluding hydrogens is 374 g/mol. The summed E-state index contributed by atoms with van der Waals surface area (Å²) in [4.78, 5) is 22.5. The first kappa shape index (κ1) is 19.8. The second-order valence-corrected chi connectivity index (χ2v) is 6.33. The number of hydrogen-bond donors (Lipinski definition) is 1. The zero-order valence-corrected chi connectivity index (χ0v) is 15.9. The number of carbonyl (C=O) groups is 1. The SMILES string of the molecule is Cc1ccc(OCC(=O)NN=Cc2ccc(-c3ccccc3[N+](=O)[O-])o2)c(C)c1. The molecule has 0 atom stereocenters.